The van der Waals surface area contributed by atoms with Gasteiger partial charge < -0.3 is 14.4 Å². The largest absolute Gasteiger partial charge is 0.497 e. The molecule has 1 N–H and O–H groups in total. The molecule has 29 heavy (non-hydrogen) atoms. The molecule has 0 bridgehead atoms. The molecule has 1 heterocycles. The number of methoxy groups -OCH3 is 1. The average Bonchev–Trinajstić information content (AvgIpc) is 3.08. The van der Waals surface area contributed by atoms with Crippen LogP contribution >= 0.6 is 0 Å². The second kappa shape index (κ2) is 9.06. The standard InChI is InChI=1S/C24H23NO4/c1-17-13-22(24(28)20-8-10-21(29-2)11-9-20)25(16-17)12-4-7-18-5-3-6-19(14-18)15-23(26)27/h3-11,13-14,16H,12,15H2,1-2H3,(H,26,27)/b7-4+. The molecule has 5 nitrogen and oxygen atoms in total. The molecule has 0 spiro atoms. The predicted octanol–water partition coefficient (Wildman–Crippen LogP) is 4.38. The Hall–Kier alpha value is -3.60. The van der Waals surface area contributed by atoms with Gasteiger partial charge in [0.05, 0.1) is 19.2 Å². The van der Waals surface area contributed by atoms with E-state index in [0.717, 1.165) is 16.7 Å². The molecule has 0 saturated carbocycles. The number of aliphatic carboxylic acids is 1. The van der Waals surface area contributed by atoms with Gasteiger partial charge in [0, 0.05) is 18.3 Å². The normalized spacial score (nSPS) is 11.0. The van der Waals surface area contributed by atoms with Crippen LogP contribution in [0.5, 0.6) is 5.75 Å². The lowest BCUT2D eigenvalue weighted by molar-refractivity contribution is -0.136. The van der Waals surface area contributed by atoms with E-state index in [0.29, 0.717) is 23.6 Å². The summed E-state index contributed by atoms with van der Waals surface area (Å²) in [5, 5.41) is 8.93. The highest BCUT2D eigenvalue weighted by atomic mass is 16.5. The maximum absolute atomic E-state index is 12.9. The van der Waals surface area contributed by atoms with Crippen LogP contribution in [-0.2, 0) is 17.8 Å². The van der Waals surface area contributed by atoms with Crippen LogP contribution in [0.2, 0.25) is 0 Å². The minimum Gasteiger partial charge on any atom is -0.497 e. The molecule has 0 saturated heterocycles. The maximum atomic E-state index is 12.9. The van der Waals surface area contributed by atoms with Crippen molar-refractivity contribution in [3.8, 4) is 5.75 Å². The molecule has 1 aromatic heterocycles. The van der Waals surface area contributed by atoms with Crippen molar-refractivity contribution in [3.63, 3.8) is 0 Å². The summed E-state index contributed by atoms with van der Waals surface area (Å²) in [6.07, 6.45) is 5.84. The fourth-order valence-corrected chi connectivity index (χ4v) is 3.17. The summed E-state index contributed by atoms with van der Waals surface area (Å²) >= 11 is 0. The summed E-state index contributed by atoms with van der Waals surface area (Å²) in [5.74, 6) is -0.186. The summed E-state index contributed by atoms with van der Waals surface area (Å²) in [6, 6.07) is 16.4. The van der Waals surface area contributed by atoms with Crippen LogP contribution in [0, 0.1) is 6.92 Å². The second-order valence-corrected chi connectivity index (χ2v) is 6.83. The van der Waals surface area contributed by atoms with Crippen LogP contribution in [0.1, 0.15) is 32.7 Å². The van der Waals surface area contributed by atoms with Crippen molar-refractivity contribution in [1.82, 2.24) is 4.57 Å². The zero-order valence-electron chi connectivity index (χ0n) is 16.5. The number of aromatic nitrogens is 1. The molecule has 0 fully saturated rings. The highest BCUT2D eigenvalue weighted by Crippen LogP contribution is 2.17. The molecular formula is C24H23NO4. The van der Waals surface area contributed by atoms with Gasteiger partial charge in [-0.25, -0.2) is 0 Å². The second-order valence-electron chi connectivity index (χ2n) is 6.83. The Labute approximate surface area is 169 Å². The topological polar surface area (TPSA) is 68.5 Å². The van der Waals surface area contributed by atoms with Crippen LogP contribution in [-0.4, -0.2) is 28.5 Å². The number of allylic oxidation sites excluding steroid dienone is 1. The summed E-state index contributed by atoms with van der Waals surface area (Å²) in [6.45, 7) is 2.49. The number of rotatable bonds is 8. The molecule has 0 amide bonds. The van der Waals surface area contributed by atoms with Crippen molar-refractivity contribution < 1.29 is 19.4 Å². The fourth-order valence-electron chi connectivity index (χ4n) is 3.17. The number of aryl methyl sites for hydroxylation is 1. The van der Waals surface area contributed by atoms with Gasteiger partial charge in [-0.15, -0.1) is 0 Å². The number of carboxylic acid groups (broad SMARTS) is 1. The monoisotopic (exact) mass is 389 g/mol. The highest BCUT2D eigenvalue weighted by molar-refractivity contribution is 6.08. The Morgan fingerprint density at radius 2 is 1.86 bits per heavy atom. The number of carboxylic acids is 1. The maximum Gasteiger partial charge on any atom is 0.307 e. The first-order chi connectivity index (χ1) is 14.0. The number of ether oxygens (including phenoxy) is 1. The summed E-state index contributed by atoms with van der Waals surface area (Å²) in [4.78, 5) is 23.8. The minimum absolute atomic E-state index is 0.00101. The summed E-state index contributed by atoms with van der Waals surface area (Å²) < 4.78 is 7.07. The van der Waals surface area contributed by atoms with Crippen LogP contribution in [0.15, 0.2) is 66.9 Å². The van der Waals surface area contributed by atoms with E-state index in [1.54, 1.807) is 37.4 Å². The van der Waals surface area contributed by atoms with E-state index in [9.17, 15) is 9.59 Å². The van der Waals surface area contributed by atoms with Gasteiger partial charge in [-0.2, -0.15) is 0 Å². The van der Waals surface area contributed by atoms with Gasteiger partial charge in [-0.1, -0.05) is 36.4 Å². The number of nitrogens with zero attached hydrogens (tertiary/aromatic N) is 1. The third-order valence-electron chi connectivity index (χ3n) is 4.54. The van der Waals surface area contributed by atoms with Gasteiger partial charge in [0.15, 0.2) is 0 Å². The van der Waals surface area contributed by atoms with Crippen LogP contribution in [0.4, 0.5) is 0 Å². The fraction of sp³-hybridized carbons (Fsp3) is 0.167. The first kappa shape index (κ1) is 20.1. The molecule has 3 rings (SSSR count). The van der Waals surface area contributed by atoms with Crippen molar-refractivity contribution in [1.29, 1.82) is 0 Å². The van der Waals surface area contributed by atoms with Gasteiger partial charge in [-0.3, -0.25) is 9.59 Å². The Balaban J connectivity index is 1.76. The van der Waals surface area contributed by atoms with E-state index in [1.165, 1.54) is 0 Å². The van der Waals surface area contributed by atoms with Crippen molar-refractivity contribution in [2.24, 2.45) is 0 Å². The molecule has 0 aliphatic carbocycles. The van der Waals surface area contributed by atoms with Crippen LogP contribution in [0.25, 0.3) is 6.08 Å². The molecule has 0 radical (unpaired) electrons. The number of carbonyl (C=O) groups excluding carboxylic acids is 1. The smallest absolute Gasteiger partial charge is 0.307 e. The first-order valence-corrected chi connectivity index (χ1v) is 9.29. The first-order valence-electron chi connectivity index (χ1n) is 9.29. The van der Waals surface area contributed by atoms with Gasteiger partial charge >= 0.3 is 5.97 Å². The zero-order chi connectivity index (χ0) is 20.8. The van der Waals surface area contributed by atoms with E-state index in [4.69, 9.17) is 9.84 Å². The van der Waals surface area contributed by atoms with Crippen LogP contribution < -0.4 is 4.74 Å². The van der Waals surface area contributed by atoms with Crippen LogP contribution in [0.3, 0.4) is 0 Å². The van der Waals surface area contributed by atoms with Crippen molar-refractivity contribution in [3.05, 3.63) is 94.8 Å². The third-order valence-corrected chi connectivity index (χ3v) is 4.54. The Morgan fingerprint density at radius 1 is 1.10 bits per heavy atom. The van der Waals surface area contributed by atoms with Crippen molar-refractivity contribution >= 4 is 17.8 Å². The number of carbonyl (C=O) groups is 2. The van der Waals surface area contributed by atoms with Gasteiger partial charge in [0.1, 0.15) is 5.75 Å². The summed E-state index contributed by atoms with van der Waals surface area (Å²) in [5.41, 5.74) is 3.92. The Kier molecular flexibility index (Phi) is 6.29. The van der Waals surface area contributed by atoms with Gasteiger partial charge in [0.2, 0.25) is 5.78 Å². The molecule has 0 aliphatic heterocycles. The number of hydrogen-bond donors (Lipinski definition) is 1. The van der Waals surface area contributed by atoms with Gasteiger partial charge in [-0.05, 0) is 53.9 Å². The lowest BCUT2D eigenvalue weighted by Gasteiger charge is -2.07. The van der Waals surface area contributed by atoms with E-state index in [1.807, 2.05) is 54.1 Å². The number of hydrogen-bond acceptors (Lipinski definition) is 3. The van der Waals surface area contributed by atoms with Gasteiger partial charge in [0.25, 0.3) is 0 Å². The summed E-state index contributed by atoms with van der Waals surface area (Å²) in [7, 11) is 1.59. The molecule has 0 aliphatic rings. The van der Waals surface area contributed by atoms with Crippen molar-refractivity contribution in [2.75, 3.05) is 7.11 Å². The van der Waals surface area contributed by atoms with E-state index in [-0.39, 0.29) is 12.2 Å². The molecule has 148 valence electrons. The molecular weight excluding hydrogens is 366 g/mol. The molecule has 5 heteroatoms. The predicted molar refractivity (Wildman–Crippen MR) is 112 cm³/mol. The molecule has 0 unspecified atom stereocenters. The number of ketones is 1. The van der Waals surface area contributed by atoms with E-state index >= 15 is 0 Å². The Bertz CT molecular complexity index is 1040. The van der Waals surface area contributed by atoms with E-state index in [2.05, 4.69) is 0 Å². The SMILES string of the molecule is COc1ccc(C(=O)c2cc(C)cn2C/C=C/c2cccc(CC(=O)O)c2)cc1. The van der Waals surface area contributed by atoms with Crippen molar-refractivity contribution in [2.45, 2.75) is 19.9 Å². The minimum atomic E-state index is -0.851. The molecule has 0 atom stereocenters. The lowest BCUT2D eigenvalue weighted by Crippen LogP contribution is -2.09. The van der Waals surface area contributed by atoms with E-state index < -0.39 is 5.97 Å². The Morgan fingerprint density at radius 3 is 2.55 bits per heavy atom. The number of benzene rings is 2. The average molecular weight is 389 g/mol. The quantitative estimate of drug-likeness (QED) is 0.581. The zero-order valence-corrected chi connectivity index (χ0v) is 16.5. The lowest BCUT2D eigenvalue weighted by atomic mass is 10.1. The molecule has 3 aromatic rings. The molecule has 2 aromatic carbocycles. The highest BCUT2D eigenvalue weighted by Gasteiger charge is 2.14. The third kappa shape index (κ3) is 5.23.